The van der Waals surface area contributed by atoms with Gasteiger partial charge in [-0.15, -0.1) is 0 Å². The maximum Gasteiger partial charge on any atom is 0.213 e. The van der Waals surface area contributed by atoms with Crippen molar-refractivity contribution in [3.63, 3.8) is 0 Å². The number of piperidine rings is 1. The first-order chi connectivity index (χ1) is 17.6. The molecule has 1 aliphatic heterocycles. The van der Waals surface area contributed by atoms with Crippen LogP contribution in [0.5, 0.6) is 11.5 Å². The summed E-state index contributed by atoms with van der Waals surface area (Å²) in [6.07, 6.45) is 5.79. The zero-order valence-corrected chi connectivity index (χ0v) is 21.8. The van der Waals surface area contributed by atoms with Crippen LogP contribution in [0.4, 0.5) is 0 Å². The highest BCUT2D eigenvalue weighted by Gasteiger charge is 2.18. The molecular weight excluding hydrogens is 454 g/mol. The second-order valence-corrected chi connectivity index (χ2v) is 9.05. The van der Waals surface area contributed by atoms with E-state index >= 15 is 0 Å². The van der Waals surface area contributed by atoms with E-state index in [-0.39, 0.29) is 11.8 Å². The van der Waals surface area contributed by atoms with Crippen LogP contribution in [0.15, 0.2) is 48.5 Å². The quantitative estimate of drug-likeness (QED) is 0.198. The van der Waals surface area contributed by atoms with E-state index in [1.165, 1.54) is 19.3 Å². The average Bonchev–Trinajstić information content (AvgIpc) is 2.91. The molecule has 36 heavy (non-hydrogen) atoms. The molecule has 0 amide bonds. The van der Waals surface area contributed by atoms with Crippen LogP contribution in [0.3, 0.4) is 0 Å². The fourth-order valence-corrected chi connectivity index (χ4v) is 4.40. The fourth-order valence-electron chi connectivity index (χ4n) is 4.40. The zero-order chi connectivity index (χ0) is 25.6. The molecule has 1 saturated heterocycles. The molecule has 1 heterocycles. The van der Waals surface area contributed by atoms with Crippen molar-refractivity contribution < 1.29 is 18.9 Å². The molecule has 0 aliphatic carbocycles. The SMILES string of the molecule is CCOC(=N)c1ccc(OCCCC2CCN(CCCOc3ccc(C(=N)OCC)cc3)CC2)cc1. The van der Waals surface area contributed by atoms with E-state index in [1.54, 1.807) is 0 Å². The normalized spacial score (nSPS) is 14.3. The highest BCUT2D eigenvalue weighted by atomic mass is 16.5. The van der Waals surface area contributed by atoms with Gasteiger partial charge in [0, 0.05) is 17.7 Å². The summed E-state index contributed by atoms with van der Waals surface area (Å²) in [6, 6.07) is 15.1. The monoisotopic (exact) mass is 495 g/mol. The first kappa shape index (κ1) is 27.5. The number of ether oxygens (including phenoxy) is 4. The summed E-state index contributed by atoms with van der Waals surface area (Å²) in [6.45, 7) is 9.59. The molecular formula is C29H41N3O4. The molecule has 3 rings (SSSR count). The van der Waals surface area contributed by atoms with Gasteiger partial charge in [0.2, 0.25) is 11.8 Å². The molecule has 0 unspecified atom stereocenters. The maximum atomic E-state index is 7.83. The fraction of sp³-hybridized carbons (Fsp3) is 0.517. The van der Waals surface area contributed by atoms with Gasteiger partial charge in [-0.1, -0.05) is 0 Å². The lowest BCUT2D eigenvalue weighted by molar-refractivity contribution is 0.161. The predicted molar refractivity (Wildman–Crippen MR) is 144 cm³/mol. The maximum absolute atomic E-state index is 7.83. The molecule has 2 aromatic rings. The number of hydrogen-bond donors (Lipinski definition) is 2. The lowest BCUT2D eigenvalue weighted by Gasteiger charge is -2.32. The second kappa shape index (κ2) is 15.1. The van der Waals surface area contributed by atoms with E-state index in [0.717, 1.165) is 67.6 Å². The van der Waals surface area contributed by atoms with E-state index in [0.29, 0.717) is 19.8 Å². The predicted octanol–water partition coefficient (Wildman–Crippen LogP) is 5.75. The minimum absolute atomic E-state index is 0.200. The Kier molecular flexibility index (Phi) is 11.6. The number of nitrogens with zero attached hydrogens (tertiary/aromatic N) is 1. The Labute approximate surface area is 215 Å². The summed E-state index contributed by atoms with van der Waals surface area (Å²) < 4.78 is 22.2. The largest absolute Gasteiger partial charge is 0.494 e. The molecule has 0 saturated carbocycles. The van der Waals surface area contributed by atoms with Gasteiger partial charge in [0.15, 0.2) is 0 Å². The molecule has 2 aromatic carbocycles. The van der Waals surface area contributed by atoms with E-state index < -0.39 is 0 Å². The van der Waals surface area contributed by atoms with Gasteiger partial charge >= 0.3 is 0 Å². The Morgan fingerprint density at radius 2 is 1.22 bits per heavy atom. The van der Waals surface area contributed by atoms with E-state index in [4.69, 9.17) is 29.8 Å². The lowest BCUT2D eigenvalue weighted by Crippen LogP contribution is -2.35. The summed E-state index contributed by atoms with van der Waals surface area (Å²) in [5.74, 6) is 2.87. The van der Waals surface area contributed by atoms with Crippen molar-refractivity contribution >= 4 is 11.8 Å². The standard InChI is InChI=1S/C29H41N3O4/c1-3-33-28(30)24-8-12-26(13-9-24)35-21-5-7-23-16-19-32(20-17-23)18-6-22-36-27-14-10-25(11-15-27)29(31)34-4-2/h8-15,23,30-31H,3-7,16-22H2,1-2H3. The molecule has 1 fully saturated rings. The molecule has 7 heteroatoms. The van der Waals surface area contributed by atoms with Crippen LogP contribution in [0, 0.1) is 16.7 Å². The van der Waals surface area contributed by atoms with Gasteiger partial charge in [0.05, 0.1) is 26.4 Å². The molecule has 0 aromatic heterocycles. The van der Waals surface area contributed by atoms with Gasteiger partial charge < -0.3 is 23.8 Å². The Balaban J connectivity index is 1.23. The number of hydrogen-bond acceptors (Lipinski definition) is 7. The van der Waals surface area contributed by atoms with Crippen molar-refractivity contribution in [3.05, 3.63) is 59.7 Å². The van der Waals surface area contributed by atoms with Crippen LogP contribution in [0.2, 0.25) is 0 Å². The van der Waals surface area contributed by atoms with Crippen LogP contribution < -0.4 is 9.47 Å². The van der Waals surface area contributed by atoms with Crippen molar-refractivity contribution in [2.24, 2.45) is 5.92 Å². The van der Waals surface area contributed by atoms with E-state index in [2.05, 4.69) is 4.90 Å². The van der Waals surface area contributed by atoms with Crippen molar-refractivity contribution in [2.45, 2.75) is 46.0 Å². The van der Waals surface area contributed by atoms with Crippen LogP contribution in [0.1, 0.15) is 57.1 Å². The topological polar surface area (TPSA) is 87.9 Å². The molecule has 0 radical (unpaired) electrons. The zero-order valence-electron chi connectivity index (χ0n) is 21.8. The van der Waals surface area contributed by atoms with Crippen LogP contribution in [-0.4, -0.2) is 62.8 Å². The Bertz CT molecular complexity index is 845. The van der Waals surface area contributed by atoms with Crippen molar-refractivity contribution in [1.29, 1.82) is 10.8 Å². The third-order valence-corrected chi connectivity index (χ3v) is 6.43. The second-order valence-electron chi connectivity index (χ2n) is 9.05. The number of nitrogens with one attached hydrogen (secondary N) is 2. The first-order valence-corrected chi connectivity index (χ1v) is 13.2. The van der Waals surface area contributed by atoms with Crippen LogP contribution in [-0.2, 0) is 9.47 Å². The molecule has 1 aliphatic rings. The van der Waals surface area contributed by atoms with Gasteiger partial charge in [-0.25, -0.2) is 0 Å². The third kappa shape index (κ3) is 9.19. The summed E-state index contributed by atoms with van der Waals surface area (Å²) in [5.41, 5.74) is 1.55. The summed E-state index contributed by atoms with van der Waals surface area (Å²) in [4.78, 5) is 2.55. The number of benzene rings is 2. The highest BCUT2D eigenvalue weighted by Crippen LogP contribution is 2.23. The number of rotatable bonds is 14. The Hall–Kier alpha value is -3.06. The van der Waals surface area contributed by atoms with Gasteiger partial charge in [-0.3, -0.25) is 10.8 Å². The summed E-state index contributed by atoms with van der Waals surface area (Å²) >= 11 is 0. The Morgan fingerprint density at radius 1 is 0.750 bits per heavy atom. The molecule has 0 spiro atoms. The van der Waals surface area contributed by atoms with E-state index in [1.807, 2.05) is 62.4 Å². The van der Waals surface area contributed by atoms with Crippen LogP contribution in [0.25, 0.3) is 0 Å². The molecule has 196 valence electrons. The van der Waals surface area contributed by atoms with Gasteiger partial charge in [0.25, 0.3) is 0 Å². The molecule has 2 N–H and O–H groups in total. The number of likely N-dealkylation sites (tertiary alicyclic amines) is 1. The van der Waals surface area contributed by atoms with Crippen molar-refractivity contribution in [3.8, 4) is 11.5 Å². The lowest BCUT2D eigenvalue weighted by atomic mass is 9.92. The van der Waals surface area contributed by atoms with Gasteiger partial charge in [-0.05, 0) is 113 Å². The first-order valence-electron chi connectivity index (χ1n) is 13.2. The average molecular weight is 496 g/mol. The van der Waals surface area contributed by atoms with Gasteiger partial charge in [0.1, 0.15) is 11.5 Å². The highest BCUT2D eigenvalue weighted by molar-refractivity contribution is 5.92. The minimum atomic E-state index is 0.200. The molecule has 7 nitrogen and oxygen atoms in total. The van der Waals surface area contributed by atoms with E-state index in [9.17, 15) is 0 Å². The smallest absolute Gasteiger partial charge is 0.213 e. The van der Waals surface area contributed by atoms with Crippen molar-refractivity contribution in [2.75, 3.05) is 46.1 Å². The third-order valence-electron chi connectivity index (χ3n) is 6.43. The molecule has 0 bridgehead atoms. The van der Waals surface area contributed by atoms with Crippen molar-refractivity contribution in [1.82, 2.24) is 4.90 Å². The van der Waals surface area contributed by atoms with Crippen LogP contribution >= 0.6 is 0 Å². The minimum Gasteiger partial charge on any atom is -0.494 e. The Morgan fingerprint density at radius 3 is 1.69 bits per heavy atom. The summed E-state index contributed by atoms with van der Waals surface area (Å²) in [5, 5.41) is 15.6. The molecule has 0 atom stereocenters. The summed E-state index contributed by atoms with van der Waals surface area (Å²) in [7, 11) is 0. The van der Waals surface area contributed by atoms with Gasteiger partial charge in [-0.2, -0.15) is 0 Å².